The second-order valence-electron chi connectivity index (χ2n) is 6.09. The second-order valence-corrected chi connectivity index (χ2v) is 8.70. The molecular weight excluding hydrogens is 336 g/mol. The number of aromatic nitrogens is 3. The number of nitrogens with zero attached hydrogens (tertiary/aromatic N) is 3. The Morgan fingerprint density at radius 3 is 2.46 bits per heavy atom. The predicted octanol–water partition coefficient (Wildman–Crippen LogP) is 3.24. The van der Waals surface area contributed by atoms with Crippen LogP contribution in [0.1, 0.15) is 44.6 Å². The van der Waals surface area contributed by atoms with Crippen molar-refractivity contribution in [3.05, 3.63) is 41.5 Å². The Morgan fingerprint density at radius 2 is 1.88 bits per heavy atom. The number of rotatable bonds is 6. The van der Waals surface area contributed by atoms with Crippen LogP contribution < -0.4 is 0 Å². The lowest BCUT2D eigenvalue weighted by atomic mass is 10.1. The highest BCUT2D eigenvalue weighted by atomic mass is 32.2. The maximum absolute atomic E-state index is 14.1. The van der Waals surface area contributed by atoms with Gasteiger partial charge in [0.2, 0.25) is 0 Å². The van der Waals surface area contributed by atoms with E-state index in [1.807, 2.05) is 13.8 Å². The predicted molar refractivity (Wildman–Crippen MR) is 87.7 cm³/mol. The Kier molecular flexibility index (Phi) is 5.37. The molecule has 0 spiro atoms. The minimum Gasteiger partial charge on any atom is -0.228 e. The average molecular weight is 357 g/mol. The third-order valence-corrected chi connectivity index (χ3v) is 5.80. The standard InChI is InChI=1S/C16H21F2N3O2S/c1-5-24(22,23)11(4)16-19-15(8-10(2)3)20-21(16)14-9-12(17)6-7-13(14)18/h6-7,9-11H,5,8H2,1-4H3/t11-/m0/s1. The van der Waals surface area contributed by atoms with Crippen molar-refractivity contribution in [1.82, 2.24) is 14.8 Å². The number of hydrogen-bond acceptors (Lipinski definition) is 4. The molecule has 0 amide bonds. The Labute approximate surface area is 140 Å². The first-order valence-electron chi connectivity index (χ1n) is 7.78. The molecular formula is C16H21F2N3O2S. The van der Waals surface area contributed by atoms with E-state index in [4.69, 9.17) is 0 Å². The van der Waals surface area contributed by atoms with E-state index in [9.17, 15) is 17.2 Å². The molecule has 1 atom stereocenters. The summed E-state index contributed by atoms with van der Waals surface area (Å²) in [7, 11) is -3.46. The molecule has 0 radical (unpaired) electrons. The zero-order valence-corrected chi connectivity index (χ0v) is 14.9. The summed E-state index contributed by atoms with van der Waals surface area (Å²) in [6.07, 6.45) is 0.510. The van der Waals surface area contributed by atoms with Crippen LogP contribution in [-0.4, -0.2) is 28.9 Å². The lowest BCUT2D eigenvalue weighted by Gasteiger charge is -2.13. The smallest absolute Gasteiger partial charge is 0.159 e. The quantitative estimate of drug-likeness (QED) is 0.796. The number of sulfone groups is 1. The maximum atomic E-state index is 14.1. The first kappa shape index (κ1) is 18.5. The first-order valence-corrected chi connectivity index (χ1v) is 9.50. The summed E-state index contributed by atoms with van der Waals surface area (Å²) in [6.45, 7) is 6.95. The Hall–Kier alpha value is -1.83. The first-order chi connectivity index (χ1) is 11.2. The van der Waals surface area contributed by atoms with Gasteiger partial charge in [0, 0.05) is 18.2 Å². The molecule has 132 valence electrons. The molecule has 0 saturated heterocycles. The van der Waals surface area contributed by atoms with Gasteiger partial charge in [-0.05, 0) is 25.0 Å². The van der Waals surface area contributed by atoms with Crippen molar-refractivity contribution in [1.29, 1.82) is 0 Å². The summed E-state index contributed by atoms with van der Waals surface area (Å²) in [5.41, 5.74) is -0.148. The topological polar surface area (TPSA) is 64.8 Å². The monoisotopic (exact) mass is 357 g/mol. The van der Waals surface area contributed by atoms with Gasteiger partial charge in [-0.1, -0.05) is 20.8 Å². The van der Waals surface area contributed by atoms with E-state index in [0.29, 0.717) is 12.2 Å². The molecule has 1 aromatic heterocycles. The van der Waals surface area contributed by atoms with Crippen molar-refractivity contribution in [2.75, 3.05) is 5.75 Å². The molecule has 0 N–H and O–H groups in total. The molecule has 0 fully saturated rings. The molecule has 24 heavy (non-hydrogen) atoms. The molecule has 1 heterocycles. The van der Waals surface area contributed by atoms with Gasteiger partial charge in [0.25, 0.3) is 0 Å². The van der Waals surface area contributed by atoms with Gasteiger partial charge in [-0.3, -0.25) is 0 Å². The van der Waals surface area contributed by atoms with Crippen LogP contribution in [0.5, 0.6) is 0 Å². The molecule has 0 aliphatic carbocycles. The minimum atomic E-state index is -3.46. The van der Waals surface area contributed by atoms with E-state index in [1.165, 1.54) is 13.8 Å². The van der Waals surface area contributed by atoms with Crippen LogP contribution in [-0.2, 0) is 16.3 Å². The summed E-state index contributed by atoms with van der Waals surface area (Å²) in [5, 5.41) is 3.25. The fourth-order valence-electron chi connectivity index (χ4n) is 2.32. The minimum absolute atomic E-state index is 0.0772. The summed E-state index contributed by atoms with van der Waals surface area (Å²) in [6, 6.07) is 2.96. The van der Waals surface area contributed by atoms with Crippen molar-refractivity contribution >= 4 is 9.84 Å². The lowest BCUT2D eigenvalue weighted by molar-refractivity contribution is 0.570. The molecule has 2 rings (SSSR count). The van der Waals surface area contributed by atoms with Crippen LogP contribution in [0.15, 0.2) is 18.2 Å². The van der Waals surface area contributed by atoms with E-state index in [0.717, 1.165) is 22.9 Å². The van der Waals surface area contributed by atoms with Crippen LogP contribution in [0, 0.1) is 17.6 Å². The highest BCUT2D eigenvalue weighted by molar-refractivity contribution is 7.91. The van der Waals surface area contributed by atoms with Crippen molar-refractivity contribution < 1.29 is 17.2 Å². The van der Waals surface area contributed by atoms with Gasteiger partial charge >= 0.3 is 0 Å². The molecule has 5 nitrogen and oxygen atoms in total. The van der Waals surface area contributed by atoms with Crippen molar-refractivity contribution in [2.24, 2.45) is 5.92 Å². The zero-order valence-electron chi connectivity index (χ0n) is 14.1. The Bertz CT molecular complexity index is 832. The van der Waals surface area contributed by atoms with E-state index < -0.39 is 26.7 Å². The van der Waals surface area contributed by atoms with Gasteiger partial charge < -0.3 is 0 Å². The molecule has 2 aromatic rings. The Morgan fingerprint density at radius 1 is 1.21 bits per heavy atom. The largest absolute Gasteiger partial charge is 0.228 e. The zero-order chi connectivity index (χ0) is 18.1. The number of halogens is 2. The maximum Gasteiger partial charge on any atom is 0.159 e. The van der Waals surface area contributed by atoms with Gasteiger partial charge in [0.15, 0.2) is 21.5 Å². The van der Waals surface area contributed by atoms with Gasteiger partial charge in [0.1, 0.15) is 22.6 Å². The van der Waals surface area contributed by atoms with Gasteiger partial charge in [-0.2, -0.15) is 5.10 Å². The average Bonchev–Trinajstić information content (AvgIpc) is 2.91. The fraction of sp³-hybridized carbons (Fsp3) is 0.500. The van der Waals surface area contributed by atoms with E-state index in [2.05, 4.69) is 10.1 Å². The normalized spacial score (nSPS) is 13.5. The molecule has 0 aliphatic rings. The van der Waals surface area contributed by atoms with Crippen molar-refractivity contribution in [2.45, 2.75) is 39.4 Å². The third kappa shape index (κ3) is 3.80. The second kappa shape index (κ2) is 6.96. The van der Waals surface area contributed by atoms with Gasteiger partial charge in [-0.25, -0.2) is 26.9 Å². The lowest BCUT2D eigenvalue weighted by Crippen LogP contribution is -2.17. The summed E-state index contributed by atoms with van der Waals surface area (Å²) in [4.78, 5) is 4.30. The molecule has 0 aliphatic heterocycles. The van der Waals surface area contributed by atoms with Crippen LogP contribution >= 0.6 is 0 Å². The number of benzene rings is 1. The van der Waals surface area contributed by atoms with E-state index in [1.54, 1.807) is 0 Å². The van der Waals surface area contributed by atoms with Gasteiger partial charge in [-0.15, -0.1) is 0 Å². The van der Waals surface area contributed by atoms with Crippen LogP contribution in [0.25, 0.3) is 5.69 Å². The SMILES string of the molecule is CCS(=O)(=O)[C@@H](C)c1nc(CC(C)C)nn1-c1cc(F)ccc1F. The molecule has 0 bridgehead atoms. The molecule has 1 aromatic carbocycles. The molecule has 0 unspecified atom stereocenters. The summed E-state index contributed by atoms with van der Waals surface area (Å²) < 4.78 is 53.2. The highest BCUT2D eigenvalue weighted by Crippen LogP contribution is 2.25. The van der Waals surface area contributed by atoms with Crippen molar-refractivity contribution in [3.8, 4) is 5.69 Å². The van der Waals surface area contributed by atoms with Gasteiger partial charge in [0.05, 0.1) is 0 Å². The summed E-state index contributed by atoms with van der Waals surface area (Å²) in [5.74, 6) is -0.668. The highest BCUT2D eigenvalue weighted by Gasteiger charge is 2.28. The molecule has 8 heteroatoms. The van der Waals surface area contributed by atoms with E-state index in [-0.39, 0.29) is 23.2 Å². The molecule has 0 saturated carbocycles. The summed E-state index contributed by atoms with van der Waals surface area (Å²) >= 11 is 0. The van der Waals surface area contributed by atoms with Crippen LogP contribution in [0.2, 0.25) is 0 Å². The van der Waals surface area contributed by atoms with E-state index >= 15 is 0 Å². The third-order valence-electron chi connectivity index (χ3n) is 3.71. The van der Waals surface area contributed by atoms with Crippen molar-refractivity contribution in [3.63, 3.8) is 0 Å². The fourth-order valence-corrected chi connectivity index (χ4v) is 3.29. The van der Waals surface area contributed by atoms with Crippen LogP contribution in [0.4, 0.5) is 8.78 Å². The van der Waals surface area contributed by atoms with Crippen LogP contribution in [0.3, 0.4) is 0 Å². The number of hydrogen-bond donors (Lipinski definition) is 0. The Balaban J connectivity index is 2.65.